The maximum atomic E-state index is 6.05. The largest absolute Gasteiger partial charge is 0.310 e. The Labute approximate surface area is 117 Å². The molecule has 0 spiro atoms. The van der Waals surface area contributed by atoms with Crippen molar-refractivity contribution in [1.82, 2.24) is 5.32 Å². The predicted octanol–water partition coefficient (Wildman–Crippen LogP) is 5.06. The molecule has 0 aromatic heterocycles. The molecule has 0 radical (unpaired) electrons. The van der Waals surface area contributed by atoms with Gasteiger partial charge in [0.15, 0.2) is 0 Å². The third-order valence-corrected chi connectivity index (χ3v) is 3.48. The number of nitrogens with one attached hydrogen (secondary N) is 1. The zero-order chi connectivity index (χ0) is 13.5. The summed E-state index contributed by atoms with van der Waals surface area (Å²) in [7, 11) is 0. The van der Waals surface area contributed by atoms with Crippen LogP contribution in [0.3, 0.4) is 0 Å². The van der Waals surface area contributed by atoms with Crippen LogP contribution < -0.4 is 5.32 Å². The molecule has 0 amide bonds. The summed E-state index contributed by atoms with van der Waals surface area (Å²) in [5.74, 6) is 1.49. The van der Waals surface area contributed by atoms with E-state index in [1.807, 2.05) is 12.1 Å². The van der Waals surface area contributed by atoms with Crippen molar-refractivity contribution in [2.45, 2.75) is 46.6 Å². The second kappa shape index (κ2) is 7.81. The minimum atomic E-state index is 0.415. The van der Waals surface area contributed by atoms with E-state index in [4.69, 9.17) is 11.6 Å². The Morgan fingerprint density at radius 3 is 2.50 bits per heavy atom. The van der Waals surface area contributed by atoms with Gasteiger partial charge in [-0.25, -0.2) is 0 Å². The van der Waals surface area contributed by atoms with E-state index < -0.39 is 0 Å². The van der Waals surface area contributed by atoms with Crippen molar-refractivity contribution in [2.75, 3.05) is 6.54 Å². The van der Waals surface area contributed by atoms with Gasteiger partial charge in [-0.2, -0.15) is 0 Å². The number of hydrogen-bond acceptors (Lipinski definition) is 1. The Balaban J connectivity index is 2.52. The molecular weight excluding hydrogens is 242 g/mol. The van der Waals surface area contributed by atoms with Gasteiger partial charge in [-0.05, 0) is 48.9 Å². The smallest absolute Gasteiger partial charge is 0.0409 e. The highest BCUT2D eigenvalue weighted by Gasteiger charge is 2.11. The van der Waals surface area contributed by atoms with Crippen LogP contribution in [0.25, 0.3) is 0 Å². The molecule has 2 unspecified atom stereocenters. The summed E-state index contributed by atoms with van der Waals surface area (Å²) in [5.41, 5.74) is 1.29. The third kappa shape index (κ3) is 5.41. The minimum absolute atomic E-state index is 0.415. The van der Waals surface area contributed by atoms with Crippen molar-refractivity contribution in [2.24, 2.45) is 11.8 Å². The molecule has 18 heavy (non-hydrogen) atoms. The Bertz CT molecular complexity index is 349. The van der Waals surface area contributed by atoms with Crippen molar-refractivity contribution < 1.29 is 0 Å². The molecule has 0 aliphatic heterocycles. The van der Waals surface area contributed by atoms with Crippen LogP contribution in [0.15, 0.2) is 24.3 Å². The number of halogens is 1. The first kappa shape index (κ1) is 15.5. The van der Waals surface area contributed by atoms with E-state index in [-0.39, 0.29) is 0 Å². The highest BCUT2D eigenvalue weighted by atomic mass is 35.5. The Morgan fingerprint density at radius 1 is 1.22 bits per heavy atom. The van der Waals surface area contributed by atoms with Crippen molar-refractivity contribution in [3.05, 3.63) is 34.9 Å². The molecule has 0 saturated heterocycles. The van der Waals surface area contributed by atoms with Gasteiger partial charge in [0.25, 0.3) is 0 Å². The fraction of sp³-hybridized carbons (Fsp3) is 0.625. The average Bonchev–Trinajstić information content (AvgIpc) is 2.29. The monoisotopic (exact) mass is 267 g/mol. The lowest BCUT2D eigenvalue weighted by Crippen LogP contribution is -2.26. The van der Waals surface area contributed by atoms with E-state index in [0.29, 0.717) is 6.04 Å². The van der Waals surface area contributed by atoms with E-state index in [9.17, 15) is 0 Å². The standard InChI is InChI=1S/C16H26ClN/c1-5-16(14-7-6-8-15(17)10-14)18-11-13(4)9-12(2)3/h6-8,10,12-13,16,18H,5,9,11H2,1-4H3. The molecule has 102 valence electrons. The number of benzene rings is 1. The lowest BCUT2D eigenvalue weighted by Gasteiger charge is -2.21. The maximum absolute atomic E-state index is 6.05. The van der Waals surface area contributed by atoms with Gasteiger partial charge in [0, 0.05) is 11.1 Å². The van der Waals surface area contributed by atoms with Gasteiger partial charge in [-0.15, -0.1) is 0 Å². The summed E-state index contributed by atoms with van der Waals surface area (Å²) in [5, 5.41) is 4.48. The molecule has 0 aliphatic carbocycles. The third-order valence-electron chi connectivity index (χ3n) is 3.25. The highest BCUT2D eigenvalue weighted by Crippen LogP contribution is 2.21. The van der Waals surface area contributed by atoms with E-state index in [1.54, 1.807) is 0 Å². The quantitative estimate of drug-likeness (QED) is 0.728. The van der Waals surface area contributed by atoms with E-state index in [0.717, 1.165) is 29.8 Å². The summed E-state index contributed by atoms with van der Waals surface area (Å²) >= 11 is 6.05. The molecule has 0 saturated carbocycles. The lowest BCUT2D eigenvalue weighted by molar-refractivity contribution is 0.386. The van der Waals surface area contributed by atoms with Crippen molar-refractivity contribution in [3.8, 4) is 0 Å². The van der Waals surface area contributed by atoms with Gasteiger partial charge >= 0.3 is 0 Å². The summed E-state index contributed by atoms with van der Waals surface area (Å²) in [6.45, 7) is 10.2. The molecule has 2 heteroatoms. The summed E-state index contributed by atoms with van der Waals surface area (Å²) in [4.78, 5) is 0. The molecule has 0 aliphatic rings. The van der Waals surface area contributed by atoms with Crippen LogP contribution in [0.2, 0.25) is 5.02 Å². The van der Waals surface area contributed by atoms with Crippen LogP contribution in [-0.4, -0.2) is 6.54 Å². The molecule has 0 fully saturated rings. The zero-order valence-electron chi connectivity index (χ0n) is 12.0. The Kier molecular flexibility index (Phi) is 6.73. The molecule has 1 aromatic rings. The minimum Gasteiger partial charge on any atom is -0.310 e. The normalized spacial score (nSPS) is 14.8. The van der Waals surface area contributed by atoms with Crippen LogP contribution in [0.1, 0.15) is 52.1 Å². The summed E-state index contributed by atoms with van der Waals surface area (Å²) in [6, 6.07) is 8.59. The highest BCUT2D eigenvalue weighted by molar-refractivity contribution is 6.30. The van der Waals surface area contributed by atoms with Crippen LogP contribution >= 0.6 is 11.6 Å². The average molecular weight is 268 g/mol. The summed E-state index contributed by atoms with van der Waals surface area (Å²) < 4.78 is 0. The zero-order valence-corrected chi connectivity index (χ0v) is 12.8. The Morgan fingerprint density at radius 2 is 1.94 bits per heavy atom. The fourth-order valence-electron chi connectivity index (χ4n) is 2.45. The van der Waals surface area contributed by atoms with Gasteiger partial charge < -0.3 is 5.32 Å². The first-order chi connectivity index (χ1) is 8.52. The second-order valence-electron chi connectivity index (χ2n) is 5.66. The van der Waals surface area contributed by atoms with Crippen molar-refractivity contribution >= 4 is 11.6 Å². The SMILES string of the molecule is CCC(NCC(C)CC(C)C)c1cccc(Cl)c1. The maximum Gasteiger partial charge on any atom is 0.0409 e. The van der Waals surface area contributed by atoms with Gasteiger partial charge in [-0.1, -0.05) is 51.4 Å². The molecule has 1 nitrogen and oxygen atoms in total. The van der Waals surface area contributed by atoms with Crippen molar-refractivity contribution in [3.63, 3.8) is 0 Å². The number of rotatable bonds is 7. The molecule has 1 rings (SSSR count). The van der Waals surface area contributed by atoms with Crippen LogP contribution in [-0.2, 0) is 0 Å². The van der Waals surface area contributed by atoms with E-state index >= 15 is 0 Å². The molecule has 0 bridgehead atoms. The van der Waals surface area contributed by atoms with Crippen LogP contribution in [0, 0.1) is 11.8 Å². The molecule has 2 atom stereocenters. The van der Waals surface area contributed by atoms with Gasteiger partial charge in [0.05, 0.1) is 0 Å². The lowest BCUT2D eigenvalue weighted by atomic mass is 9.97. The van der Waals surface area contributed by atoms with Crippen molar-refractivity contribution in [1.29, 1.82) is 0 Å². The van der Waals surface area contributed by atoms with E-state index in [1.165, 1.54) is 12.0 Å². The van der Waals surface area contributed by atoms with Crippen LogP contribution in [0.4, 0.5) is 0 Å². The topological polar surface area (TPSA) is 12.0 Å². The second-order valence-corrected chi connectivity index (χ2v) is 6.10. The molecule has 1 N–H and O–H groups in total. The fourth-order valence-corrected chi connectivity index (χ4v) is 2.65. The number of hydrogen-bond donors (Lipinski definition) is 1. The summed E-state index contributed by atoms with van der Waals surface area (Å²) in [6.07, 6.45) is 2.37. The molecule has 1 aromatic carbocycles. The Hall–Kier alpha value is -0.530. The van der Waals surface area contributed by atoms with Gasteiger partial charge in [0.1, 0.15) is 0 Å². The first-order valence-electron chi connectivity index (χ1n) is 7.01. The van der Waals surface area contributed by atoms with Crippen LogP contribution in [0.5, 0.6) is 0 Å². The first-order valence-corrected chi connectivity index (χ1v) is 7.39. The van der Waals surface area contributed by atoms with Gasteiger partial charge in [0.2, 0.25) is 0 Å². The van der Waals surface area contributed by atoms with E-state index in [2.05, 4.69) is 45.1 Å². The molecular formula is C16H26ClN. The predicted molar refractivity (Wildman–Crippen MR) is 81.1 cm³/mol. The van der Waals surface area contributed by atoms with Gasteiger partial charge in [-0.3, -0.25) is 0 Å². The molecule has 0 heterocycles.